The molecule has 2 aromatic heterocycles. The van der Waals surface area contributed by atoms with Gasteiger partial charge in [0, 0.05) is 11.0 Å². The molecular formula is C14H14BrN5O. The number of anilines is 1. The number of rotatable bonds is 5. The predicted octanol–water partition coefficient (Wildman–Crippen LogP) is 3.73. The third-order valence-electron chi connectivity index (χ3n) is 2.82. The quantitative estimate of drug-likeness (QED) is 0.735. The molecule has 0 saturated carbocycles. The van der Waals surface area contributed by atoms with Crippen LogP contribution in [0.3, 0.4) is 0 Å². The summed E-state index contributed by atoms with van der Waals surface area (Å²) in [6.07, 6.45) is 2.65. The lowest BCUT2D eigenvalue weighted by Gasteiger charge is -2.08. The van der Waals surface area contributed by atoms with Crippen LogP contribution in [0.4, 0.5) is 5.95 Å². The fourth-order valence-corrected chi connectivity index (χ4v) is 2.22. The third-order valence-corrected chi connectivity index (χ3v) is 3.31. The van der Waals surface area contributed by atoms with Crippen molar-refractivity contribution in [2.75, 3.05) is 11.9 Å². The van der Waals surface area contributed by atoms with E-state index >= 15 is 0 Å². The highest BCUT2D eigenvalue weighted by Crippen LogP contribution is 2.28. The smallest absolute Gasteiger partial charge is 0.235 e. The van der Waals surface area contributed by atoms with E-state index in [2.05, 4.69) is 48.3 Å². The summed E-state index contributed by atoms with van der Waals surface area (Å²) < 4.78 is 6.82. The fraction of sp³-hybridized carbons (Fsp3) is 0.214. The highest BCUT2D eigenvalue weighted by molar-refractivity contribution is 9.10. The molecule has 6 nitrogen and oxygen atoms in total. The van der Waals surface area contributed by atoms with Crippen molar-refractivity contribution in [3.05, 3.63) is 34.9 Å². The molecule has 0 aliphatic rings. The first kappa shape index (κ1) is 13.8. The topological polar surface area (TPSA) is 75.7 Å². The average Bonchev–Trinajstić information content (AvgIpc) is 2.94. The van der Waals surface area contributed by atoms with Crippen LogP contribution in [-0.4, -0.2) is 26.7 Å². The van der Waals surface area contributed by atoms with Crippen molar-refractivity contribution in [3.8, 4) is 11.6 Å². The normalized spacial score (nSPS) is 10.8. The predicted molar refractivity (Wildman–Crippen MR) is 84.7 cm³/mol. The van der Waals surface area contributed by atoms with Crippen molar-refractivity contribution in [1.29, 1.82) is 0 Å². The number of aromatic amines is 1. The van der Waals surface area contributed by atoms with Crippen LogP contribution in [0.15, 0.2) is 34.9 Å². The minimum atomic E-state index is 0.477. The number of nitrogens with one attached hydrogen (secondary N) is 2. The van der Waals surface area contributed by atoms with Crippen LogP contribution in [0.25, 0.3) is 11.0 Å². The van der Waals surface area contributed by atoms with Crippen LogP contribution in [0, 0.1) is 0 Å². The summed E-state index contributed by atoms with van der Waals surface area (Å²) in [5.41, 5.74) is 0.647. The Kier molecular flexibility index (Phi) is 4.01. The minimum Gasteiger partial charge on any atom is -0.438 e. The fourth-order valence-electron chi connectivity index (χ4n) is 1.84. The number of nitrogens with zero attached hydrogens (tertiary/aromatic N) is 3. The number of hydrogen-bond acceptors (Lipinski definition) is 5. The molecule has 2 heterocycles. The molecule has 0 radical (unpaired) electrons. The Hall–Kier alpha value is -2.15. The van der Waals surface area contributed by atoms with Crippen LogP contribution in [0.2, 0.25) is 0 Å². The van der Waals surface area contributed by atoms with Crippen LogP contribution in [0.5, 0.6) is 11.6 Å². The molecule has 3 aromatic rings. The van der Waals surface area contributed by atoms with Gasteiger partial charge in [-0.3, -0.25) is 5.10 Å². The van der Waals surface area contributed by atoms with E-state index in [0.717, 1.165) is 22.8 Å². The molecule has 1 aromatic carbocycles. The molecule has 0 amide bonds. The summed E-state index contributed by atoms with van der Waals surface area (Å²) in [5.74, 6) is 1.70. The maximum Gasteiger partial charge on any atom is 0.235 e. The standard InChI is InChI=1S/C14H14BrN5O/c1-2-6-16-14-18-12-11(8-17-20-12)13(19-14)21-10-5-3-4-9(15)7-10/h3-5,7-8H,2,6H2,1H3,(H2,16,17,18,19,20). The molecule has 0 saturated heterocycles. The van der Waals surface area contributed by atoms with Gasteiger partial charge in [-0.25, -0.2) is 0 Å². The lowest BCUT2D eigenvalue weighted by molar-refractivity contribution is 0.468. The SMILES string of the molecule is CCCNc1nc(Oc2cccc(Br)c2)c2cn[nH]c2n1. The molecule has 0 unspecified atom stereocenters. The molecule has 7 heteroatoms. The molecule has 0 spiro atoms. The number of aromatic nitrogens is 4. The minimum absolute atomic E-state index is 0.477. The van der Waals surface area contributed by atoms with Crippen molar-refractivity contribution < 1.29 is 4.74 Å². The van der Waals surface area contributed by atoms with Gasteiger partial charge in [0.25, 0.3) is 0 Å². The number of H-pyrrole nitrogens is 1. The summed E-state index contributed by atoms with van der Waals surface area (Å²) in [6, 6.07) is 7.60. The highest BCUT2D eigenvalue weighted by atomic mass is 79.9. The van der Waals surface area contributed by atoms with Gasteiger partial charge >= 0.3 is 0 Å². The van der Waals surface area contributed by atoms with Crippen molar-refractivity contribution in [2.24, 2.45) is 0 Å². The van der Waals surface area contributed by atoms with Gasteiger partial charge in [-0.2, -0.15) is 15.1 Å². The summed E-state index contributed by atoms with van der Waals surface area (Å²) in [5, 5.41) is 10.7. The molecule has 0 aliphatic heterocycles. The van der Waals surface area contributed by atoms with Crippen LogP contribution < -0.4 is 10.1 Å². The molecule has 0 aliphatic carbocycles. The van der Waals surface area contributed by atoms with E-state index in [1.54, 1.807) is 6.20 Å². The van der Waals surface area contributed by atoms with Crippen LogP contribution in [-0.2, 0) is 0 Å². The Morgan fingerprint density at radius 1 is 1.33 bits per heavy atom. The number of halogens is 1. The lowest BCUT2D eigenvalue weighted by Crippen LogP contribution is -2.05. The van der Waals surface area contributed by atoms with E-state index in [9.17, 15) is 0 Å². The molecule has 0 atom stereocenters. The Labute approximate surface area is 130 Å². The Balaban J connectivity index is 1.97. The van der Waals surface area contributed by atoms with E-state index in [4.69, 9.17) is 4.74 Å². The van der Waals surface area contributed by atoms with Crippen LogP contribution >= 0.6 is 15.9 Å². The van der Waals surface area contributed by atoms with Crippen LogP contribution in [0.1, 0.15) is 13.3 Å². The van der Waals surface area contributed by atoms with Crippen molar-refractivity contribution in [1.82, 2.24) is 20.2 Å². The van der Waals surface area contributed by atoms with Gasteiger partial charge < -0.3 is 10.1 Å². The zero-order valence-electron chi connectivity index (χ0n) is 11.4. The van der Waals surface area contributed by atoms with E-state index < -0.39 is 0 Å². The first-order valence-corrected chi connectivity index (χ1v) is 7.44. The van der Waals surface area contributed by atoms with Crippen molar-refractivity contribution in [2.45, 2.75) is 13.3 Å². The zero-order chi connectivity index (χ0) is 14.7. The molecule has 2 N–H and O–H groups in total. The average molecular weight is 348 g/mol. The molecule has 108 valence electrons. The van der Waals surface area contributed by atoms with Gasteiger partial charge in [0.05, 0.1) is 6.20 Å². The second-order valence-electron chi connectivity index (χ2n) is 4.47. The van der Waals surface area contributed by atoms with Crippen molar-refractivity contribution >= 4 is 32.9 Å². The third kappa shape index (κ3) is 3.13. The maximum absolute atomic E-state index is 5.87. The number of ether oxygens (including phenoxy) is 1. The summed E-state index contributed by atoms with van der Waals surface area (Å²) >= 11 is 3.42. The summed E-state index contributed by atoms with van der Waals surface area (Å²) in [6.45, 7) is 2.89. The molecule has 0 fully saturated rings. The molecule has 3 rings (SSSR count). The van der Waals surface area contributed by atoms with E-state index in [-0.39, 0.29) is 0 Å². The first-order valence-electron chi connectivity index (χ1n) is 6.64. The van der Waals surface area contributed by atoms with Gasteiger partial charge in [-0.1, -0.05) is 28.9 Å². The summed E-state index contributed by atoms with van der Waals surface area (Å²) in [7, 11) is 0. The van der Waals surface area contributed by atoms with E-state index in [0.29, 0.717) is 23.2 Å². The Morgan fingerprint density at radius 2 is 2.24 bits per heavy atom. The number of fused-ring (bicyclic) bond motifs is 1. The van der Waals surface area contributed by atoms with Gasteiger partial charge in [0.15, 0.2) is 5.65 Å². The number of benzene rings is 1. The van der Waals surface area contributed by atoms with Gasteiger partial charge in [0.2, 0.25) is 11.8 Å². The second-order valence-corrected chi connectivity index (χ2v) is 5.39. The monoisotopic (exact) mass is 347 g/mol. The zero-order valence-corrected chi connectivity index (χ0v) is 13.0. The Bertz CT molecular complexity index is 758. The molecular weight excluding hydrogens is 334 g/mol. The van der Waals surface area contributed by atoms with Crippen molar-refractivity contribution in [3.63, 3.8) is 0 Å². The Morgan fingerprint density at radius 3 is 3.05 bits per heavy atom. The summed E-state index contributed by atoms with van der Waals surface area (Å²) in [4.78, 5) is 8.78. The second kappa shape index (κ2) is 6.09. The van der Waals surface area contributed by atoms with E-state index in [1.807, 2.05) is 24.3 Å². The van der Waals surface area contributed by atoms with Gasteiger partial charge in [-0.05, 0) is 24.6 Å². The molecule has 21 heavy (non-hydrogen) atoms. The first-order chi connectivity index (χ1) is 10.3. The highest BCUT2D eigenvalue weighted by Gasteiger charge is 2.11. The number of hydrogen-bond donors (Lipinski definition) is 2. The van der Waals surface area contributed by atoms with Gasteiger partial charge in [-0.15, -0.1) is 0 Å². The largest absolute Gasteiger partial charge is 0.438 e. The molecule has 0 bridgehead atoms. The van der Waals surface area contributed by atoms with E-state index in [1.165, 1.54) is 0 Å². The lowest BCUT2D eigenvalue weighted by atomic mass is 10.3. The van der Waals surface area contributed by atoms with Gasteiger partial charge in [0.1, 0.15) is 11.1 Å². The maximum atomic E-state index is 5.87.